The first kappa shape index (κ1) is 15.8. The summed E-state index contributed by atoms with van der Waals surface area (Å²) in [5.41, 5.74) is 3.32. The molecule has 3 aliphatic carbocycles. The Morgan fingerprint density at radius 2 is 1.73 bits per heavy atom. The van der Waals surface area contributed by atoms with E-state index < -0.39 is 0 Å². The van der Waals surface area contributed by atoms with Crippen LogP contribution in [0.4, 0.5) is 5.69 Å². The summed E-state index contributed by atoms with van der Waals surface area (Å²) >= 11 is 0. The molecule has 1 aliphatic heterocycles. The van der Waals surface area contributed by atoms with Crippen LogP contribution in [0, 0.1) is 23.7 Å². The number of imide groups is 1. The summed E-state index contributed by atoms with van der Waals surface area (Å²) in [5.74, 6) is -0.744. The Morgan fingerprint density at radius 1 is 1.04 bits per heavy atom. The Kier molecular flexibility index (Phi) is 3.52. The van der Waals surface area contributed by atoms with Gasteiger partial charge in [-0.05, 0) is 61.1 Å². The highest BCUT2D eigenvalue weighted by atomic mass is 16.2. The van der Waals surface area contributed by atoms with Crippen LogP contribution in [-0.4, -0.2) is 29.2 Å². The third-order valence-corrected chi connectivity index (χ3v) is 6.53. The fraction of sp³-hybridized carbons (Fsp3) is 0.476. The maximum atomic E-state index is 12.7. The molecule has 4 aliphatic rings. The average Bonchev–Trinajstić information content (AvgIpc) is 3.32. The van der Waals surface area contributed by atoms with Gasteiger partial charge in [0.05, 0.1) is 11.8 Å². The Labute approximate surface area is 152 Å². The molecule has 2 fully saturated rings. The maximum absolute atomic E-state index is 12.7. The van der Waals surface area contributed by atoms with Crippen molar-refractivity contribution in [3.63, 3.8) is 0 Å². The molecule has 1 saturated carbocycles. The molecular formula is C21H22N2O3. The van der Waals surface area contributed by atoms with Gasteiger partial charge in [0.25, 0.3) is 0 Å². The Hall–Kier alpha value is -2.43. The number of nitrogens with one attached hydrogen (secondary N) is 1. The molecule has 1 N–H and O–H groups in total. The first-order valence-corrected chi connectivity index (χ1v) is 9.57. The van der Waals surface area contributed by atoms with E-state index in [2.05, 4.69) is 23.5 Å². The summed E-state index contributed by atoms with van der Waals surface area (Å²) in [4.78, 5) is 39.2. The molecule has 0 unspecified atom stereocenters. The number of rotatable bonds is 3. The molecule has 1 aromatic rings. The topological polar surface area (TPSA) is 66.5 Å². The van der Waals surface area contributed by atoms with Crippen LogP contribution in [-0.2, 0) is 27.2 Å². The van der Waals surface area contributed by atoms with Crippen LogP contribution < -0.4 is 5.32 Å². The lowest BCUT2D eigenvalue weighted by atomic mass is 9.85. The zero-order valence-corrected chi connectivity index (χ0v) is 14.6. The third kappa shape index (κ3) is 2.26. The van der Waals surface area contributed by atoms with Gasteiger partial charge in [-0.1, -0.05) is 24.3 Å². The molecule has 0 aromatic heterocycles. The molecule has 1 saturated heterocycles. The molecule has 0 radical (unpaired) electrons. The lowest BCUT2D eigenvalue weighted by Gasteiger charge is -2.21. The number of likely N-dealkylation sites (tertiary alicyclic amines) is 1. The molecular weight excluding hydrogens is 328 g/mol. The summed E-state index contributed by atoms with van der Waals surface area (Å²) in [5, 5.41) is 2.94. The predicted molar refractivity (Wildman–Crippen MR) is 96.2 cm³/mol. The van der Waals surface area contributed by atoms with Crippen LogP contribution >= 0.6 is 0 Å². The molecule has 3 amide bonds. The number of anilines is 1. The van der Waals surface area contributed by atoms with E-state index in [4.69, 9.17) is 0 Å². The largest absolute Gasteiger partial charge is 0.324 e. The van der Waals surface area contributed by atoms with Gasteiger partial charge in [0.2, 0.25) is 17.7 Å². The summed E-state index contributed by atoms with van der Waals surface area (Å²) < 4.78 is 0. The number of allylic oxidation sites excluding steroid dienone is 2. The summed E-state index contributed by atoms with van der Waals surface area (Å²) in [7, 11) is 0. The van der Waals surface area contributed by atoms with E-state index in [1.54, 1.807) is 0 Å². The van der Waals surface area contributed by atoms with Crippen LogP contribution in [0.25, 0.3) is 0 Å². The van der Waals surface area contributed by atoms with Crippen LogP contribution in [0.5, 0.6) is 0 Å². The van der Waals surface area contributed by atoms with Crippen molar-refractivity contribution in [2.45, 2.75) is 32.1 Å². The van der Waals surface area contributed by atoms with Crippen LogP contribution in [0.15, 0.2) is 30.4 Å². The van der Waals surface area contributed by atoms with Crippen molar-refractivity contribution in [3.8, 4) is 0 Å². The van der Waals surface area contributed by atoms with Crippen molar-refractivity contribution in [2.75, 3.05) is 11.9 Å². The van der Waals surface area contributed by atoms with Gasteiger partial charge >= 0.3 is 0 Å². The van der Waals surface area contributed by atoms with E-state index in [1.165, 1.54) is 22.4 Å². The molecule has 1 heterocycles. The number of carbonyl (C=O) groups is 3. The van der Waals surface area contributed by atoms with Gasteiger partial charge in [0.15, 0.2) is 0 Å². The molecule has 1 aromatic carbocycles. The van der Waals surface area contributed by atoms with Gasteiger partial charge in [-0.15, -0.1) is 0 Å². The molecule has 5 nitrogen and oxygen atoms in total. The van der Waals surface area contributed by atoms with Crippen molar-refractivity contribution in [3.05, 3.63) is 41.5 Å². The summed E-state index contributed by atoms with van der Waals surface area (Å²) in [6.07, 6.45) is 9.35. The third-order valence-electron chi connectivity index (χ3n) is 6.53. The van der Waals surface area contributed by atoms with Gasteiger partial charge in [0, 0.05) is 5.69 Å². The van der Waals surface area contributed by atoms with E-state index in [0.29, 0.717) is 0 Å². The normalized spacial score (nSPS) is 31.3. The number of fused-ring (bicyclic) bond motifs is 6. The monoisotopic (exact) mass is 350 g/mol. The summed E-state index contributed by atoms with van der Waals surface area (Å²) in [6, 6.07) is 5.98. The number of hydrogen-bond donors (Lipinski definition) is 1. The minimum atomic E-state index is -0.286. The van der Waals surface area contributed by atoms with E-state index in [0.717, 1.165) is 31.4 Å². The smallest absolute Gasteiger partial charge is 0.244 e. The minimum Gasteiger partial charge on any atom is -0.324 e. The first-order chi connectivity index (χ1) is 12.6. The second-order valence-electron chi connectivity index (χ2n) is 7.96. The van der Waals surface area contributed by atoms with Crippen LogP contribution in [0.2, 0.25) is 0 Å². The molecule has 26 heavy (non-hydrogen) atoms. The molecule has 2 bridgehead atoms. The SMILES string of the molecule is O=C(CN1C(=O)[C@H]2[C@H](C1=O)[C@H]1C=C[C@H]2C1)Nc1cccc2c1CCCC2. The number of aryl methyl sites for hydroxylation is 1. The van der Waals surface area contributed by atoms with Gasteiger partial charge < -0.3 is 5.32 Å². The first-order valence-electron chi connectivity index (χ1n) is 9.57. The molecule has 134 valence electrons. The minimum absolute atomic E-state index is 0.165. The highest BCUT2D eigenvalue weighted by molar-refractivity contribution is 6.09. The van der Waals surface area contributed by atoms with Crippen molar-refractivity contribution in [2.24, 2.45) is 23.7 Å². The van der Waals surface area contributed by atoms with Gasteiger partial charge in [-0.2, -0.15) is 0 Å². The fourth-order valence-corrected chi connectivity index (χ4v) is 5.35. The highest BCUT2D eigenvalue weighted by Gasteiger charge is 2.59. The number of benzene rings is 1. The van der Waals surface area contributed by atoms with Crippen molar-refractivity contribution in [1.29, 1.82) is 0 Å². The van der Waals surface area contributed by atoms with E-state index in [-0.39, 0.29) is 47.9 Å². The number of nitrogens with zero attached hydrogens (tertiary/aromatic N) is 1. The number of hydrogen-bond acceptors (Lipinski definition) is 3. The fourth-order valence-electron chi connectivity index (χ4n) is 5.35. The maximum Gasteiger partial charge on any atom is 0.244 e. The lowest BCUT2D eigenvalue weighted by Crippen LogP contribution is -2.39. The molecule has 4 atom stereocenters. The average molecular weight is 350 g/mol. The number of amides is 3. The summed E-state index contributed by atoms with van der Waals surface area (Å²) in [6.45, 7) is -0.173. The van der Waals surface area contributed by atoms with Gasteiger partial charge in [0.1, 0.15) is 6.54 Å². The van der Waals surface area contributed by atoms with Crippen LogP contribution in [0.3, 0.4) is 0 Å². The van der Waals surface area contributed by atoms with Crippen molar-refractivity contribution < 1.29 is 14.4 Å². The predicted octanol–water partition coefficient (Wildman–Crippen LogP) is 2.31. The van der Waals surface area contributed by atoms with E-state index in [9.17, 15) is 14.4 Å². The highest BCUT2D eigenvalue weighted by Crippen LogP contribution is 2.52. The zero-order chi connectivity index (χ0) is 17.8. The Bertz CT molecular complexity index is 814. The molecule has 5 rings (SSSR count). The molecule has 0 spiro atoms. The van der Waals surface area contributed by atoms with E-state index in [1.807, 2.05) is 12.1 Å². The molecule has 5 heteroatoms. The van der Waals surface area contributed by atoms with Crippen molar-refractivity contribution >= 4 is 23.4 Å². The van der Waals surface area contributed by atoms with Crippen LogP contribution in [0.1, 0.15) is 30.4 Å². The Morgan fingerprint density at radius 3 is 2.46 bits per heavy atom. The number of carbonyl (C=O) groups excluding carboxylic acids is 3. The van der Waals surface area contributed by atoms with E-state index >= 15 is 0 Å². The zero-order valence-electron chi connectivity index (χ0n) is 14.6. The second-order valence-corrected chi connectivity index (χ2v) is 7.96. The quantitative estimate of drug-likeness (QED) is 0.672. The van der Waals surface area contributed by atoms with Gasteiger partial charge in [-0.25, -0.2) is 0 Å². The standard InChI is InChI=1S/C21H22N2O3/c24-17(22-16-7-3-5-12-4-1-2-6-15(12)16)11-23-20(25)18-13-8-9-14(10-13)19(18)21(23)26/h3,5,7-9,13-14,18-19H,1-2,4,6,10-11H2,(H,22,24)/t13-,14-,18+,19+/m0/s1. The second kappa shape index (κ2) is 5.79. The van der Waals surface area contributed by atoms with Crippen molar-refractivity contribution in [1.82, 2.24) is 4.90 Å². The Balaban J connectivity index is 1.31. The lowest BCUT2D eigenvalue weighted by molar-refractivity contribution is -0.143. The van der Waals surface area contributed by atoms with Gasteiger partial charge in [-0.3, -0.25) is 19.3 Å².